The molecule has 2 N–H and O–H groups in total. The Labute approximate surface area is 218 Å². The summed E-state index contributed by atoms with van der Waals surface area (Å²) < 4.78 is 1.36. The number of amides is 1. The number of carbonyl (C=O) groups is 1. The molecule has 0 spiro atoms. The van der Waals surface area contributed by atoms with Gasteiger partial charge in [-0.2, -0.15) is 5.26 Å². The molecule has 4 aromatic rings. The standard InChI is InChI=1S/C26H23N4OS.2CH3.Sn/c1-4-28-15-20-7-10-24(32-20)18-6-9-22-23(12-18)29-14-19(13-27)25(22)30-26(31)21-8-5-16(2)11-17(21)3;;;/h5-12,14,28H,1,4,15H2,2-3H3,(H,29,30,31);2*1H3;. The molecule has 1 radical (unpaired) electrons. The summed E-state index contributed by atoms with van der Waals surface area (Å²) in [5, 5.41) is 17.0. The summed E-state index contributed by atoms with van der Waals surface area (Å²) in [4.78, 5) is 24.9. The predicted octanol–water partition coefficient (Wildman–Crippen LogP) is 6.55. The largest absolute Gasteiger partial charge is 0.0556 e. The van der Waals surface area contributed by atoms with Gasteiger partial charge in [0, 0.05) is 5.56 Å². The van der Waals surface area contributed by atoms with Crippen LogP contribution in [0.2, 0.25) is 14.3 Å². The number of hydrogen-bond donors (Lipinski definition) is 2. The van der Waals surface area contributed by atoms with E-state index in [9.17, 15) is 10.1 Å². The molecule has 0 bridgehead atoms. The zero-order valence-corrected chi connectivity index (χ0v) is 24.2. The number of fused-ring (bicyclic) bond motifs is 1. The van der Waals surface area contributed by atoms with Crippen molar-refractivity contribution >= 4 is 53.6 Å². The first-order valence-corrected chi connectivity index (χ1v) is 20.2. The molecule has 0 saturated heterocycles. The molecule has 177 valence electrons. The van der Waals surface area contributed by atoms with E-state index in [-0.39, 0.29) is 5.91 Å². The summed E-state index contributed by atoms with van der Waals surface area (Å²) in [6.07, 6.45) is 1.53. The van der Waals surface area contributed by atoms with E-state index in [0.29, 0.717) is 16.8 Å². The van der Waals surface area contributed by atoms with Crippen molar-refractivity contribution in [3.63, 3.8) is 0 Å². The van der Waals surface area contributed by atoms with E-state index in [1.807, 2.05) is 50.2 Å². The molecule has 7 heteroatoms. The number of nitrogens with one attached hydrogen (secondary N) is 2. The average molecular weight is 588 g/mol. The second-order valence-corrected chi connectivity index (χ2v) is 18.5. The smallest absolute Gasteiger partial charge is 0.0381 e. The minimum Gasteiger partial charge on any atom is -0.0556 e. The Morgan fingerprint density at radius 1 is 1.11 bits per heavy atom. The zero-order valence-electron chi connectivity index (χ0n) is 20.5. The van der Waals surface area contributed by atoms with E-state index in [4.69, 9.17) is 0 Å². The van der Waals surface area contributed by atoms with Crippen molar-refractivity contribution < 1.29 is 4.79 Å². The van der Waals surface area contributed by atoms with Crippen LogP contribution in [-0.2, 0) is 6.54 Å². The van der Waals surface area contributed by atoms with Crippen LogP contribution in [0.3, 0.4) is 0 Å². The van der Waals surface area contributed by atoms with Crippen molar-refractivity contribution in [3.05, 3.63) is 81.9 Å². The second-order valence-electron chi connectivity index (χ2n) is 9.06. The van der Waals surface area contributed by atoms with Gasteiger partial charge in [-0.25, -0.2) is 0 Å². The molecule has 2 aromatic heterocycles. The third-order valence-corrected chi connectivity index (χ3v) is 10.6. The van der Waals surface area contributed by atoms with E-state index >= 15 is 0 Å². The van der Waals surface area contributed by atoms with Crippen LogP contribution in [-0.4, -0.2) is 37.2 Å². The molecule has 0 aliphatic carbocycles. The number of benzene rings is 2. The number of aromatic nitrogens is 1. The van der Waals surface area contributed by atoms with Crippen LogP contribution < -0.4 is 10.6 Å². The number of carbonyl (C=O) groups excluding carboxylic acids is 1. The molecule has 0 aliphatic rings. The Morgan fingerprint density at radius 3 is 2.69 bits per heavy atom. The second kappa shape index (κ2) is 11.3. The molecule has 0 saturated carbocycles. The van der Waals surface area contributed by atoms with Crippen LogP contribution in [0.5, 0.6) is 0 Å². The fraction of sp³-hybridized carbons (Fsp3) is 0.250. The third kappa shape index (κ3) is 6.10. The van der Waals surface area contributed by atoms with Gasteiger partial charge < -0.3 is 5.32 Å². The van der Waals surface area contributed by atoms with Gasteiger partial charge in [-0.15, -0.1) is 0 Å². The molecule has 0 atom stereocenters. The molecule has 0 aliphatic heterocycles. The summed E-state index contributed by atoms with van der Waals surface area (Å²) >= 11 is 0.754. The maximum absolute atomic E-state index is 13.1. The topological polar surface area (TPSA) is 77.8 Å². The van der Waals surface area contributed by atoms with Crippen molar-refractivity contribution in [2.24, 2.45) is 0 Å². The number of rotatable bonds is 8. The Balaban J connectivity index is 1.59. The fourth-order valence-corrected chi connectivity index (χ4v) is 6.90. The van der Waals surface area contributed by atoms with Crippen molar-refractivity contribution in [2.75, 3.05) is 11.9 Å². The number of anilines is 1. The van der Waals surface area contributed by atoms with Gasteiger partial charge in [0.15, 0.2) is 0 Å². The van der Waals surface area contributed by atoms with Crippen LogP contribution in [0.25, 0.3) is 21.3 Å². The van der Waals surface area contributed by atoms with E-state index in [1.54, 1.807) is 11.3 Å². The monoisotopic (exact) mass is 589 g/mol. The van der Waals surface area contributed by atoms with Gasteiger partial charge in [0.05, 0.1) is 5.56 Å². The van der Waals surface area contributed by atoms with Gasteiger partial charge in [0.1, 0.15) is 6.07 Å². The van der Waals surface area contributed by atoms with Gasteiger partial charge in [0.25, 0.3) is 5.91 Å². The summed E-state index contributed by atoms with van der Waals surface area (Å²) in [5.41, 5.74) is 5.27. The van der Waals surface area contributed by atoms with E-state index < -0.39 is 19.8 Å². The molecular formula is C28H29N4OSSn. The van der Waals surface area contributed by atoms with E-state index in [0.717, 1.165) is 40.7 Å². The number of pyridine rings is 1. The maximum Gasteiger partial charge on any atom is -0.0381 e. The Morgan fingerprint density at radius 2 is 1.94 bits per heavy atom. The van der Waals surface area contributed by atoms with Gasteiger partial charge in [0.2, 0.25) is 0 Å². The molecule has 35 heavy (non-hydrogen) atoms. The summed E-state index contributed by atoms with van der Waals surface area (Å²) in [6.45, 7) is 5.92. The Kier molecular flexibility index (Phi) is 8.22. The molecule has 0 fully saturated rings. The van der Waals surface area contributed by atoms with E-state index in [2.05, 4.69) is 43.7 Å². The van der Waals surface area contributed by atoms with Crippen LogP contribution in [0, 0.1) is 25.2 Å². The first-order chi connectivity index (χ1) is 16.9. The first kappa shape index (κ1) is 25.4. The normalized spacial score (nSPS) is 11.1. The van der Waals surface area contributed by atoms with Gasteiger partial charge >= 0.3 is 137 Å². The Hall–Kier alpha value is -2.73. The Bertz CT molecular complexity index is 1420. The van der Waals surface area contributed by atoms with Crippen molar-refractivity contribution in [1.29, 1.82) is 5.26 Å². The number of nitriles is 1. The van der Waals surface area contributed by atoms with E-state index in [1.165, 1.54) is 20.4 Å². The molecule has 2 aromatic carbocycles. The van der Waals surface area contributed by atoms with Crippen LogP contribution in [0.1, 0.15) is 31.9 Å². The molecule has 0 unspecified atom stereocenters. The number of hydrogen-bond acceptors (Lipinski definition) is 5. The van der Waals surface area contributed by atoms with Crippen molar-refractivity contribution in [2.45, 2.75) is 34.7 Å². The predicted molar refractivity (Wildman–Crippen MR) is 148 cm³/mol. The average Bonchev–Trinajstić information content (AvgIpc) is 3.30. The van der Waals surface area contributed by atoms with Crippen LogP contribution >= 0.6 is 11.3 Å². The van der Waals surface area contributed by atoms with Crippen molar-refractivity contribution in [3.8, 4) is 16.5 Å². The molecule has 4 rings (SSSR count). The van der Waals surface area contributed by atoms with Gasteiger partial charge in [-0.3, -0.25) is 4.79 Å². The van der Waals surface area contributed by atoms with Gasteiger partial charge in [-0.05, 0) is 25.5 Å². The summed E-state index contributed by atoms with van der Waals surface area (Å²) in [6, 6.07) is 18.2. The van der Waals surface area contributed by atoms with Crippen LogP contribution in [0.15, 0.2) is 54.7 Å². The molecule has 1 amide bonds. The van der Waals surface area contributed by atoms with Crippen molar-refractivity contribution in [1.82, 2.24) is 10.3 Å². The zero-order chi connectivity index (χ0) is 24.9. The molecule has 2 heterocycles. The summed E-state index contributed by atoms with van der Waals surface area (Å²) in [7, 11) is 0. The SMILES string of the molecule is Cc1ccc(C(=O)Nc2c(C#N)cnc3cc(-c4ccc(CNC[CH2][Sn]([CH3])[CH3])s4)ccc23)c(C)c1. The first-order valence-electron chi connectivity index (χ1n) is 11.7. The maximum atomic E-state index is 13.1. The minimum atomic E-state index is -1.03. The van der Waals surface area contributed by atoms with Crippen LogP contribution in [0.4, 0.5) is 5.69 Å². The third-order valence-electron chi connectivity index (χ3n) is 5.90. The molecule has 5 nitrogen and oxygen atoms in total. The number of nitrogens with zero attached hydrogens (tertiary/aromatic N) is 2. The van der Waals surface area contributed by atoms with Gasteiger partial charge in [-0.1, -0.05) is 17.7 Å². The minimum absolute atomic E-state index is 0.229. The quantitative estimate of drug-likeness (QED) is 0.181. The summed E-state index contributed by atoms with van der Waals surface area (Å²) in [5.74, 6) is -0.229. The fourth-order valence-electron chi connectivity index (χ4n) is 3.99. The number of aryl methyl sites for hydroxylation is 2. The molecular weight excluding hydrogens is 559 g/mol. The number of thiophene rings is 1.